The lowest BCUT2D eigenvalue weighted by molar-refractivity contribution is 0.0706. The topological polar surface area (TPSA) is 68.2 Å². The quantitative estimate of drug-likeness (QED) is 0.698. The van der Waals surface area contributed by atoms with Crippen molar-refractivity contribution in [3.63, 3.8) is 0 Å². The van der Waals surface area contributed by atoms with E-state index >= 15 is 0 Å². The first kappa shape index (κ1) is 18.1. The normalized spacial score (nSPS) is 16.6. The van der Waals surface area contributed by atoms with Gasteiger partial charge in [-0.1, -0.05) is 18.2 Å². The number of benzene rings is 1. The van der Waals surface area contributed by atoms with Gasteiger partial charge in [-0.3, -0.25) is 4.79 Å². The Balaban J connectivity index is 1.54. The molecule has 0 saturated carbocycles. The monoisotopic (exact) mass is 374 g/mol. The lowest BCUT2D eigenvalue weighted by atomic mass is 9.94. The van der Waals surface area contributed by atoms with Gasteiger partial charge in [-0.2, -0.15) is 0 Å². The van der Waals surface area contributed by atoms with Gasteiger partial charge in [0.05, 0.1) is 12.8 Å². The molecule has 0 N–H and O–H groups in total. The zero-order chi connectivity index (χ0) is 19.3. The molecule has 2 aromatic heterocycles. The van der Waals surface area contributed by atoms with Gasteiger partial charge in [0, 0.05) is 48.1 Å². The van der Waals surface area contributed by atoms with Gasteiger partial charge in [-0.15, -0.1) is 0 Å². The maximum absolute atomic E-state index is 13.1. The highest BCUT2D eigenvalue weighted by molar-refractivity contribution is 5.95. The van der Waals surface area contributed by atoms with Crippen molar-refractivity contribution in [2.75, 3.05) is 20.2 Å². The molecule has 1 aromatic carbocycles. The molecule has 1 aliphatic heterocycles. The molecule has 142 valence electrons. The molecule has 1 saturated heterocycles. The Morgan fingerprint density at radius 1 is 1.18 bits per heavy atom. The third-order valence-electron chi connectivity index (χ3n) is 5.07. The molecule has 1 atom stereocenters. The Morgan fingerprint density at radius 3 is 2.89 bits per heavy atom. The van der Waals surface area contributed by atoms with Crippen molar-refractivity contribution in [2.24, 2.45) is 0 Å². The number of carbonyl (C=O) groups excluding carboxylic acids is 1. The van der Waals surface area contributed by atoms with Crippen molar-refractivity contribution in [1.29, 1.82) is 0 Å². The first-order valence-electron chi connectivity index (χ1n) is 9.41. The van der Waals surface area contributed by atoms with Gasteiger partial charge >= 0.3 is 0 Å². The smallest absolute Gasteiger partial charge is 0.253 e. The summed E-state index contributed by atoms with van der Waals surface area (Å²) in [4.78, 5) is 27.9. The highest BCUT2D eigenvalue weighted by Crippen LogP contribution is 2.27. The highest BCUT2D eigenvalue weighted by Gasteiger charge is 2.26. The summed E-state index contributed by atoms with van der Waals surface area (Å²) in [6, 6.07) is 15.2. The van der Waals surface area contributed by atoms with Crippen LogP contribution in [0.5, 0.6) is 5.88 Å². The largest absolute Gasteiger partial charge is 0.481 e. The van der Waals surface area contributed by atoms with E-state index < -0.39 is 0 Å². The first-order valence-corrected chi connectivity index (χ1v) is 9.41. The number of carbonyl (C=O) groups is 1. The SMILES string of the molecule is COc1cccc(-c2cccc(C(=O)N3CCC[C@@H](c4ccncn4)C3)c2)n1. The number of methoxy groups -OCH3 is 1. The summed E-state index contributed by atoms with van der Waals surface area (Å²) in [6.45, 7) is 1.44. The van der Waals surface area contributed by atoms with E-state index in [-0.39, 0.29) is 11.8 Å². The lowest BCUT2D eigenvalue weighted by Crippen LogP contribution is -2.39. The number of rotatable bonds is 4. The van der Waals surface area contributed by atoms with E-state index in [9.17, 15) is 4.79 Å². The molecule has 6 nitrogen and oxygen atoms in total. The maximum Gasteiger partial charge on any atom is 0.253 e. The fourth-order valence-electron chi connectivity index (χ4n) is 3.63. The minimum absolute atomic E-state index is 0.0449. The molecule has 1 fully saturated rings. The number of amides is 1. The summed E-state index contributed by atoms with van der Waals surface area (Å²) in [5.41, 5.74) is 3.35. The van der Waals surface area contributed by atoms with Gasteiger partial charge in [0.2, 0.25) is 5.88 Å². The maximum atomic E-state index is 13.1. The number of aromatic nitrogens is 3. The van der Waals surface area contributed by atoms with E-state index in [1.165, 1.54) is 0 Å². The van der Waals surface area contributed by atoms with Gasteiger partial charge in [0.1, 0.15) is 6.33 Å². The minimum atomic E-state index is 0.0449. The summed E-state index contributed by atoms with van der Waals surface area (Å²) < 4.78 is 5.21. The van der Waals surface area contributed by atoms with Crippen LogP contribution in [0.4, 0.5) is 0 Å². The molecule has 0 radical (unpaired) electrons. The van der Waals surface area contributed by atoms with E-state index in [4.69, 9.17) is 4.74 Å². The number of hydrogen-bond acceptors (Lipinski definition) is 5. The number of nitrogens with zero attached hydrogens (tertiary/aromatic N) is 4. The second-order valence-corrected chi connectivity index (χ2v) is 6.87. The molecule has 6 heteroatoms. The van der Waals surface area contributed by atoms with Crippen LogP contribution < -0.4 is 4.74 Å². The fraction of sp³-hybridized carbons (Fsp3) is 0.273. The van der Waals surface area contributed by atoms with Gasteiger partial charge in [0.15, 0.2) is 0 Å². The van der Waals surface area contributed by atoms with Crippen molar-refractivity contribution in [1.82, 2.24) is 19.9 Å². The molecule has 3 heterocycles. The molecule has 1 amide bonds. The van der Waals surface area contributed by atoms with Crippen LogP contribution in [0.3, 0.4) is 0 Å². The Hall–Kier alpha value is -3.28. The van der Waals surface area contributed by atoms with E-state index in [1.54, 1.807) is 25.7 Å². The number of pyridine rings is 1. The van der Waals surface area contributed by atoms with Crippen molar-refractivity contribution >= 4 is 5.91 Å². The van der Waals surface area contributed by atoms with Crippen LogP contribution in [-0.4, -0.2) is 46.0 Å². The summed E-state index contributed by atoms with van der Waals surface area (Å²) in [5, 5.41) is 0. The molecule has 0 unspecified atom stereocenters. The van der Waals surface area contributed by atoms with E-state index in [0.717, 1.165) is 36.3 Å². The molecular formula is C22H22N4O2. The minimum Gasteiger partial charge on any atom is -0.481 e. The van der Waals surface area contributed by atoms with Gasteiger partial charge in [0.25, 0.3) is 5.91 Å². The standard InChI is InChI=1S/C22H22N4O2/c1-28-21-9-3-8-20(25-21)16-5-2-6-17(13-16)22(27)26-12-4-7-18(14-26)19-10-11-23-15-24-19/h2-3,5-6,8-11,13,15,18H,4,7,12,14H2,1H3/t18-/m1/s1. The summed E-state index contributed by atoms with van der Waals surface area (Å²) in [7, 11) is 1.59. The number of likely N-dealkylation sites (tertiary alicyclic amines) is 1. The first-order chi connectivity index (χ1) is 13.7. The van der Waals surface area contributed by atoms with Crippen LogP contribution in [0.25, 0.3) is 11.3 Å². The predicted octanol–water partition coefficient (Wildman–Crippen LogP) is 3.57. The zero-order valence-electron chi connectivity index (χ0n) is 15.8. The predicted molar refractivity (Wildman–Crippen MR) is 106 cm³/mol. The summed E-state index contributed by atoms with van der Waals surface area (Å²) in [6.07, 6.45) is 5.33. The highest BCUT2D eigenvalue weighted by atomic mass is 16.5. The molecule has 0 spiro atoms. The second kappa shape index (κ2) is 8.17. The molecular weight excluding hydrogens is 352 g/mol. The molecule has 0 aliphatic carbocycles. The van der Waals surface area contributed by atoms with Crippen molar-refractivity contribution in [3.05, 3.63) is 72.3 Å². The Bertz CT molecular complexity index is 962. The Labute approximate surface area is 164 Å². The van der Waals surface area contributed by atoms with Crippen molar-refractivity contribution in [3.8, 4) is 17.1 Å². The number of hydrogen-bond donors (Lipinski definition) is 0. The van der Waals surface area contributed by atoms with Crippen LogP contribution in [0, 0.1) is 0 Å². The van der Waals surface area contributed by atoms with Crippen LogP contribution in [0.1, 0.15) is 34.8 Å². The van der Waals surface area contributed by atoms with Crippen LogP contribution in [-0.2, 0) is 0 Å². The lowest BCUT2D eigenvalue weighted by Gasteiger charge is -2.32. The number of ether oxygens (including phenoxy) is 1. The van der Waals surface area contributed by atoms with Crippen molar-refractivity contribution < 1.29 is 9.53 Å². The van der Waals surface area contributed by atoms with Gasteiger partial charge in [-0.05, 0) is 37.1 Å². The van der Waals surface area contributed by atoms with Gasteiger partial charge in [-0.25, -0.2) is 15.0 Å². The number of piperidine rings is 1. The molecule has 28 heavy (non-hydrogen) atoms. The third-order valence-corrected chi connectivity index (χ3v) is 5.07. The van der Waals surface area contributed by atoms with Crippen molar-refractivity contribution in [2.45, 2.75) is 18.8 Å². The molecule has 4 rings (SSSR count). The average molecular weight is 374 g/mol. The van der Waals surface area contributed by atoms with E-state index in [1.807, 2.05) is 47.4 Å². The fourth-order valence-corrected chi connectivity index (χ4v) is 3.63. The van der Waals surface area contributed by atoms with E-state index in [2.05, 4.69) is 15.0 Å². The van der Waals surface area contributed by atoms with Crippen LogP contribution in [0.2, 0.25) is 0 Å². The second-order valence-electron chi connectivity index (χ2n) is 6.87. The van der Waals surface area contributed by atoms with Crippen LogP contribution >= 0.6 is 0 Å². The molecule has 3 aromatic rings. The van der Waals surface area contributed by atoms with E-state index in [0.29, 0.717) is 18.0 Å². The Morgan fingerprint density at radius 2 is 2.07 bits per heavy atom. The van der Waals surface area contributed by atoms with Gasteiger partial charge < -0.3 is 9.64 Å². The Kier molecular flexibility index (Phi) is 5.28. The summed E-state index contributed by atoms with van der Waals surface area (Å²) >= 11 is 0. The zero-order valence-corrected chi connectivity index (χ0v) is 15.8. The third kappa shape index (κ3) is 3.86. The average Bonchev–Trinajstić information content (AvgIpc) is 2.79. The molecule has 1 aliphatic rings. The molecule has 0 bridgehead atoms. The summed E-state index contributed by atoms with van der Waals surface area (Å²) in [5.74, 6) is 0.852. The van der Waals surface area contributed by atoms with Crippen LogP contribution in [0.15, 0.2) is 61.1 Å².